The van der Waals surface area contributed by atoms with Gasteiger partial charge in [0.2, 0.25) is 5.76 Å². The number of ketones is 1. The molecule has 0 spiro atoms. The quantitative estimate of drug-likeness (QED) is 0.342. The summed E-state index contributed by atoms with van der Waals surface area (Å²) in [5.74, 6) is -2.73. The van der Waals surface area contributed by atoms with Crippen LogP contribution in [-0.2, 0) is 0 Å². The minimum Gasteiger partial charge on any atom is -0.504 e. The zero-order valence-electron chi connectivity index (χ0n) is 14.0. The van der Waals surface area contributed by atoms with Gasteiger partial charge in [-0.2, -0.15) is 13.2 Å². The van der Waals surface area contributed by atoms with Crippen LogP contribution in [0.25, 0.3) is 0 Å². The van der Waals surface area contributed by atoms with Crippen LogP contribution >= 0.6 is 11.3 Å². The minimum atomic E-state index is -4.87. The second kappa shape index (κ2) is 11.6. The van der Waals surface area contributed by atoms with Gasteiger partial charge in [0.05, 0.1) is 17.0 Å². The number of halogens is 3. The third kappa shape index (κ3) is 8.14. The van der Waals surface area contributed by atoms with Gasteiger partial charge in [-0.25, -0.2) is 0 Å². The van der Waals surface area contributed by atoms with Crippen molar-refractivity contribution in [1.82, 2.24) is 0 Å². The molecule has 4 nitrogen and oxygen atoms in total. The predicted octanol–water partition coefficient (Wildman–Crippen LogP) is 4.72. The van der Waals surface area contributed by atoms with Crippen molar-refractivity contribution < 1.29 is 61.7 Å². The molecule has 3 rings (SSSR count). The van der Waals surface area contributed by atoms with Gasteiger partial charge in [0.1, 0.15) is 0 Å². The molecule has 1 N–H and O–H groups in total. The van der Waals surface area contributed by atoms with E-state index in [2.05, 4.69) is 22.1 Å². The fraction of sp³-hybridized carbons (Fsp3) is 0.278. The van der Waals surface area contributed by atoms with Crippen molar-refractivity contribution in [3.63, 3.8) is 0 Å². The average molecular weight is 541 g/mol. The van der Waals surface area contributed by atoms with Crippen LogP contribution < -0.4 is 0 Å². The van der Waals surface area contributed by atoms with Gasteiger partial charge in [-0.05, 0) is 36.4 Å². The van der Waals surface area contributed by atoms with Crippen LogP contribution in [-0.4, -0.2) is 41.6 Å². The monoisotopic (exact) mass is 541 g/mol. The molecule has 9 heteroatoms. The number of aliphatic imine (C=N–C) groups is 2. The maximum atomic E-state index is 11.8. The molecule has 147 valence electrons. The minimum absolute atomic E-state index is 0. The second-order valence-electron chi connectivity index (χ2n) is 5.43. The van der Waals surface area contributed by atoms with Crippen molar-refractivity contribution in [2.45, 2.75) is 31.1 Å². The zero-order chi connectivity index (χ0) is 19.0. The largest absolute Gasteiger partial charge is 0.504 e. The Morgan fingerprint density at radius 2 is 1.70 bits per heavy atom. The molecule has 0 bridgehead atoms. The first-order valence-corrected chi connectivity index (χ1v) is 8.68. The average Bonchev–Trinajstić information content (AvgIpc) is 3.18. The Morgan fingerprint density at radius 3 is 2.07 bits per heavy atom. The van der Waals surface area contributed by atoms with Gasteiger partial charge in [-0.15, -0.1) is 11.3 Å². The number of aliphatic hydroxyl groups is 1. The zero-order valence-corrected chi connectivity index (χ0v) is 16.9. The molecule has 2 unspecified atom stereocenters. The summed E-state index contributed by atoms with van der Waals surface area (Å²) in [5.41, 5.74) is 0. The van der Waals surface area contributed by atoms with E-state index in [1.807, 2.05) is 24.6 Å². The van der Waals surface area contributed by atoms with E-state index in [-0.39, 0.29) is 49.6 Å². The van der Waals surface area contributed by atoms with Gasteiger partial charge in [-0.3, -0.25) is 14.8 Å². The Kier molecular flexibility index (Phi) is 10.2. The summed E-state index contributed by atoms with van der Waals surface area (Å²) in [7, 11) is 0. The fourth-order valence-corrected chi connectivity index (χ4v) is 2.84. The number of nitrogens with zero attached hydrogens (tertiary/aromatic N) is 2. The van der Waals surface area contributed by atoms with Crippen molar-refractivity contribution in [1.29, 1.82) is 0 Å². The molecule has 1 aromatic heterocycles. The summed E-state index contributed by atoms with van der Waals surface area (Å²) < 4.78 is 35.4. The molecule has 0 aromatic carbocycles. The van der Waals surface area contributed by atoms with E-state index in [9.17, 15) is 18.0 Å². The molecule has 1 aromatic rings. The number of thiophene rings is 1. The van der Waals surface area contributed by atoms with Gasteiger partial charge in [0.15, 0.2) is 5.78 Å². The molecule has 0 fully saturated rings. The Labute approximate surface area is 189 Å². The van der Waals surface area contributed by atoms with Crippen molar-refractivity contribution in [3.8, 4) is 0 Å². The third-order valence-electron chi connectivity index (χ3n) is 3.52. The van der Waals surface area contributed by atoms with E-state index in [1.165, 1.54) is 12.1 Å². The summed E-state index contributed by atoms with van der Waals surface area (Å²) >= 11 is 1.01. The first-order chi connectivity index (χ1) is 12.4. The van der Waals surface area contributed by atoms with Gasteiger partial charge in [-0.1, -0.05) is 18.2 Å². The van der Waals surface area contributed by atoms with Gasteiger partial charge < -0.3 is 5.11 Å². The van der Waals surface area contributed by atoms with Crippen LogP contribution in [0.2, 0.25) is 0 Å². The van der Waals surface area contributed by atoms with Crippen molar-refractivity contribution in [2.75, 3.05) is 0 Å². The number of hydrogen-bond acceptors (Lipinski definition) is 5. The van der Waals surface area contributed by atoms with E-state index in [0.717, 1.165) is 24.2 Å². The fourth-order valence-electron chi connectivity index (χ4n) is 2.21. The van der Waals surface area contributed by atoms with Crippen LogP contribution in [0.1, 0.15) is 22.5 Å². The molecule has 0 saturated carbocycles. The van der Waals surface area contributed by atoms with Crippen molar-refractivity contribution in [3.05, 3.63) is 58.5 Å². The molecule has 2 atom stereocenters. The molecule has 0 aliphatic carbocycles. The number of alkyl halides is 3. The molecule has 0 saturated heterocycles. The van der Waals surface area contributed by atoms with E-state index >= 15 is 0 Å². The number of aliphatic hydroxyl groups excluding tert-OH is 1. The first-order valence-electron chi connectivity index (χ1n) is 7.80. The number of hydrogen-bond donors (Lipinski definition) is 1. The van der Waals surface area contributed by atoms with Crippen LogP contribution in [0.3, 0.4) is 0 Å². The number of allylic oxidation sites excluding steroid dienone is 4. The molecule has 3 heterocycles. The van der Waals surface area contributed by atoms with Crippen molar-refractivity contribution >= 4 is 29.5 Å². The summed E-state index contributed by atoms with van der Waals surface area (Å²) in [6.45, 7) is 0. The van der Waals surface area contributed by atoms with Crippen LogP contribution in [0.15, 0.2) is 63.6 Å². The van der Waals surface area contributed by atoms with Crippen LogP contribution in [0.5, 0.6) is 0 Å². The summed E-state index contributed by atoms with van der Waals surface area (Å²) in [6, 6.07) is 3.66. The first kappa shape index (κ1) is 23.8. The smallest absolute Gasteiger partial charge is 0.448 e. The molecular formula is C18H17F3N2O2STb. The third-order valence-corrected chi connectivity index (χ3v) is 4.41. The molecular weight excluding hydrogens is 524 g/mol. The normalized spacial score (nSPS) is 21.2. The summed E-state index contributed by atoms with van der Waals surface area (Å²) in [5, 5.41) is 10.0. The van der Waals surface area contributed by atoms with Gasteiger partial charge in [0.25, 0.3) is 0 Å². The Bertz CT molecular complexity index is 725. The Balaban J connectivity index is 0.000000262. The predicted molar refractivity (Wildman–Crippen MR) is 97.5 cm³/mol. The number of carbonyl (C=O) groups excluding carboxylic acids is 1. The van der Waals surface area contributed by atoms with E-state index in [0.29, 0.717) is 12.1 Å². The number of rotatable bonds is 3. The summed E-state index contributed by atoms with van der Waals surface area (Å²) in [6.07, 6.45) is 9.44. The molecule has 27 heavy (non-hydrogen) atoms. The van der Waals surface area contributed by atoms with E-state index in [1.54, 1.807) is 5.38 Å². The standard InChI is InChI=1S/C10H12N2.C8H5F3O2S.Tb/c1-3-7-11-9(5-1)10-6-2-4-8-12-10;9-8(10,11)7(13)4-5(12)6-2-1-3-14-6;/h1-4,7-10H,5-6H2;1-4,13H;/b;7-4-;. The molecule has 0 amide bonds. The van der Waals surface area contributed by atoms with E-state index in [4.69, 9.17) is 5.11 Å². The van der Waals surface area contributed by atoms with Crippen LogP contribution in [0.4, 0.5) is 13.2 Å². The Hall–Kier alpha value is -1.19. The second-order valence-corrected chi connectivity index (χ2v) is 6.38. The summed E-state index contributed by atoms with van der Waals surface area (Å²) in [4.78, 5) is 20.0. The SMILES string of the molecule is C1=CCC(C2CC=CC=N2)N=C1.O=C(/C=C(\O)C(F)(F)F)c1cccs1.[Tb]. The van der Waals surface area contributed by atoms with E-state index < -0.39 is 17.7 Å². The van der Waals surface area contributed by atoms with Crippen molar-refractivity contribution in [2.24, 2.45) is 9.98 Å². The Morgan fingerprint density at radius 1 is 1.15 bits per heavy atom. The molecule has 2 aliphatic rings. The molecule has 2 aliphatic heterocycles. The van der Waals surface area contributed by atoms with Gasteiger partial charge >= 0.3 is 6.18 Å². The number of carbonyl (C=O) groups is 1. The van der Waals surface area contributed by atoms with Gasteiger partial charge in [0, 0.05) is 57.1 Å². The molecule has 1 radical (unpaired) electrons. The number of dihydropyridines is 2. The van der Waals surface area contributed by atoms with Crippen LogP contribution in [0, 0.1) is 38.6 Å². The maximum Gasteiger partial charge on any atom is 0.448 e. The topological polar surface area (TPSA) is 62.0 Å². The maximum absolute atomic E-state index is 11.8.